The van der Waals surface area contributed by atoms with Gasteiger partial charge >= 0.3 is 0 Å². The van der Waals surface area contributed by atoms with Gasteiger partial charge in [-0.05, 0) is 38.1 Å². The molecular weight excluding hydrogens is 158 g/mol. The highest BCUT2D eigenvalue weighted by molar-refractivity contribution is 5.85. The van der Waals surface area contributed by atoms with E-state index < -0.39 is 0 Å². The first-order chi connectivity index (χ1) is 4.97. The van der Waals surface area contributed by atoms with E-state index in [1.165, 1.54) is 45.1 Å². The molecule has 2 aliphatic rings. The van der Waals surface area contributed by atoms with Crippen molar-refractivity contribution in [2.75, 3.05) is 6.54 Å². The summed E-state index contributed by atoms with van der Waals surface area (Å²) in [5, 5.41) is 3.62. The van der Waals surface area contributed by atoms with Crippen LogP contribution in [0.5, 0.6) is 0 Å². The number of rotatable bonds is 0. The van der Waals surface area contributed by atoms with Gasteiger partial charge in [-0.1, -0.05) is 12.8 Å². The maximum atomic E-state index is 3.62. The SMILES string of the molecule is C1CC[C@H]2NCCC[C@H]2C1.Cl. The van der Waals surface area contributed by atoms with Crippen LogP contribution < -0.4 is 5.32 Å². The summed E-state index contributed by atoms with van der Waals surface area (Å²) in [5.74, 6) is 1.04. The van der Waals surface area contributed by atoms with Gasteiger partial charge in [-0.25, -0.2) is 0 Å². The Labute approximate surface area is 75.4 Å². The molecule has 0 radical (unpaired) electrons. The molecule has 0 bridgehead atoms. The molecule has 1 nitrogen and oxygen atoms in total. The fourth-order valence-corrected chi connectivity index (χ4v) is 2.47. The summed E-state index contributed by atoms with van der Waals surface area (Å²) < 4.78 is 0. The maximum Gasteiger partial charge on any atom is 0.00953 e. The molecule has 0 aromatic rings. The second-order valence-corrected chi connectivity index (χ2v) is 3.75. The molecule has 66 valence electrons. The van der Waals surface area contributed by atoms with Crippen molar-refractivity contribution in [1.82, 2.24) is 5.32 Å². The van der Waals surface area contributed by atoms with E-state index in [9.17, 15) is 0 Å². The number of hydrogen-bond donors (Lipinski definition) is 1. The van der Waals surface area contributed by atoms with Gasteiger partial charge in [-0.15, -0.1) is 12.4 Å². The fraction of sp³-hybridized carbons (Fsp3) is 1.00. The van der Waals surface area contributed by atoms with Crippen molar-refractivity contribution in [2.24, 2.45) is 5.92 Å². The van der Waals surface area contributed by atoms with Crippen molar-refractivity contribution in [3.05, 3.63) is 0 Å². The standard InChI is InChI=1S/C9H17N.ClH/c1-2-6-9-8(4-1)5-3-7-10-9;/h8-10H,1-7H2;1H/t8-,9-;/m1./s1. The maximum absolute atomic E-state index is 3.62. The van der Waals surface area contributed by atoms with Crippen molar-refractivity contribution in [2.45, 2.75) is 44.6 Å². The number of piperidine rings is 1. The Kier molecular flexibility index (Phi) is 3.67. The van der Waals surface area contributed by atoms with E-state index in [0.717, 1.165) is 12.0 Å². The van der Waals surface area contributed by atoms with Crippen LogP contribution in [-0.4, -0.2) is 12.6 Å². The summed E-state index contributed by atoms with van der Waals surface area (Å²) in [6, 6.07) is 0.905. The molecule has 0 aromatic heterocycles. The highest BCUT2D eigenvalue weighted by Gasteiger charge is 2.26. The molecule has 0 spiro atoms. The van der Waals surface area contributed by atoms with E-state index >= 15 is 0 Å². The van der Waals surface area contributed by atoms with Crippen LogP contribution in [0.25, 0.3) is 0 Å². The minimum absolute atomic E-state index is 0. The molecule has 2 atom stereocenters. The van der Waals surface area contributed by atoms with Gasteiger partial charge in [0.1, 0.15) is 0 Å². The molecule has 1 aliphatic heterocycles. The van der Waals surface area contributed by atoms with Crippen molar-refractivity contribution in [1.29, 1.82) is 0 Å². The predicted octanol–water partition coefficient (Wildman–Crippen LogP) is 2.35. The lowest BCUT2D eigenvalue weighted by Gasteiger charge is -2.36. The average molecular weight is 176 g/mol. The van der Waals surface area contributed by atoms with Gasteiger partial charge < -0.3 is 5.32 Å². The Bertz CT molecular complexity index is 90.1. The van der Waals surface area contributed by atoms with Crippen LogP contribution in [0.2, 0.25) is 0 Å². The summed E-state index contributed by atoms with van der Waals surface area (Å²) >= 11 is 0. The Morgan fingerprint density at radius 3 is 2.45 bits per heavy atom. The van der Waals surface area contributed by atoms with E-state index in [2.05, 4.69) is 5.32 Å². The van der Waals surface area contributed by atoms with Gasteiger partial charge in [0, 0.05) is 6.04 Å². The molecule has 11 heavy (non-hydrogen) atoms. The molecule has 2 fully saturated rings. The van der Waals surface area contributed by atoms with Gasteiger partial charge in [0.25, 0.3) is 0 Å². The van der Waals surface area contributed by atoms with Gasteiger partial charge in [0.05, 0.1) is 0 Å². The minimum Gasteiger partial charge on any atom is -0.314 e. The fourth-order valence-electron chi connectivity index (χ4n) is 2.47. The van der Waals surface area contributed by atoms with Crippen LogP contribution in [0.3, 0.4) is 0 Å². The van der Waals surface area contributed by atoms with Gasteiger partial charge in [-0.3, -0.25) is 0 Å². The molecule has 1 saturated carbocycles. The topological polar surface area (TPSA) is 12.0 Å². The summed E-state index contributed by atoms with van der Waals surface area (Å²) in [7, 11) is 0. The number of halogens is 1. The van der Waals surface area contributed by atoms with Gasteiger partial charge in [0.2, 0.25) is 0 Å². The summed E-state index contributed by atoms with van der Waals surface area (Å²) in [6.07, 6.45) is 8.82. The first-order valence-electron chi connectivity index (χ1n) is 4.70. The molecule has 1 saturated heterocycles. The van der Waals surface area contributed by atoms with Crippen LogP contribution >= 0.6 is 12.4 Å². The zero-order valence-electron chi connectivity index (χ0n) is 7.01. The third-order valence-electron chi connectivity index (χ3n) is 3.07. The average Bonchev–Trinajstić information content (AvgIpc) is 2.05. The van der Waals surface area contributed by atoms with Crippen molar-refractivity contribution < 1.29 is 0 Å². The normalized spacial score (nSPS) is 37.1. The molecule has 2 heteroatoms. The van der Waals surface area contributed by atoms with E-state index in [0.29, 0.717) is 0 Å². The van der Waals surface area contributed by atoms with Crippen LogP contribution in [0.1, 0.15) is 38.5 Å². The number of hydrogen-bond acceptors (Lipinski definition) is 1. The van der Waals surface area contributed by atoms with Gasteiger partial charge in [-0.2, -0.15) is 0 Å². The van der Waals surface area contributed by atoms with Crippen LogP contribution in [0.4, 0.5) is 0 Å². The van der Waals surface area contributed by atoms with Crippen molar-refractivity contribution >= 4 is 12.4 Å². The summed E-state index contributed by atoms with van der Waals surface area (Å²) in [5.41, 5.74) is 0. The van der Waals surface area contributed by atoms with Crippen LogP contribution in [0.15, 0.2) is 0 Å². The lowest BCUT2D eigenvalue weighted by molar-refractivity contribution is 0.212. The van der Waals surface area contributed by atoms with Gasteiger partial charge in [0.15, 0.2) is 0 Å². The largest absolute Gasteiger partial charge is 0.314 e. The highest BCUT2D eigenvalue weighted by Crippen LogP contribution is 2.29. The predicted molar refractivity (Wildman–Crippen MR) is 50.2 cm³/mol. The Morgan fingerprint density at radius 2 is 1.64 bits per heavy atom. The second-order valence-electron chi connectivity index (χ2n) is 3.75. The van der Waals surface area contributed by atoms with E-state index in [1.54, 1.807) is 0 Å². The molecule has 0 unspecified atom stereocenters. The minimum atomic E-state index is 0. The highest BCUT2D eigenvalue weighted by atomic mass is 35.5. The molecule has 1 heterocycles. The third-order valence-corrected chi connectivity index (χ3v) is 3.07. The zero-order valence-corrected chi connectivity index (χ0v) is 7.83. The van der Waals surface area contributed by atoms with E-state index in [1.807, 2.05) is 0 Å². The van der Waals surface area contributed by atoms with Crippen molar-refractivity contribution in [3.8, 4) is 0 Å². The molecule has 1 aliphatic carbocycles. The molecule has 0 amide bonds. The zero-order chi connectivity index (χ0) is 6.81. The quantitative estimate of drug-likeness (QED) is 0.596. The first kappa shape index (κ1) is 9.34. The Morgan fingerprint density at radius 1 is 0.909 bits per heavy atom. The molecule has 2 rings (SSSR count). The smallest absolute Gasteiger partial charge is 0.00953 e. The lowest BCUT2D eigenvalue weighted by Crippen LogP contribution is -2.42. The lowest BCUT2D eigenvalue weighted by atomic mass is 9.80. The monoisotopic (exact) mass is 175 g/mol. The Balaban J connectivity index is 0.000000605. The van der Waals surface area contributed by atoms with Crippen molar-refractivity contribution in [3.63, 3.8) is 0 Å². The van der Waals surface area contributed by atoms with E-state index in [4.69, 9.17) is 0 Å². The number of nitrogens with one attached hydrogen (secondary N) is 1. The van der Waals surface area contributed by atoms with Crippen LogP contribution in [0, 0.1) is 5.92 Å². The first-order valence-corrected chi connectivity index (χ1v) is 4.70. The Hall–Kier alpha value is 0.250. The second kappa shape index (κ2) is 4.32. The molecule has 0 aromatic carbocycles. The summed E-state index contributed by atoms with van der Waals surface area (Å²) in [6.45, 7) is 1.28. The summed E-state index contributed by atoms with van der Waals surface area (Å²) in [4.78, 5) is 0. The van der Waals surface area contributed by atoms with Crippen LogP contribution in [-0.2, 0) is 0 Å². The molecule has 1 N–H and O–H groups in total. The van der Waals surface area contributed by atoms with E-state index in [-0.39, 0.29) is 12.4 Å². The third kappa shape index (κ3) is 2.09. The number of fused-ring (bicyclic) bond motifs is 1. The molecular formula is C9H18ClN.